The van der Waals surface area contributed by atoms with Crippen LogP contribution in [0.1, 0.15) is 200 Å². The number of nitrogens with zero attached hydrogens (tertiary/aromatic N) is 1. The number of nitrogens with one attached hydrogen (secondary N) is 1. The van der Waals surface area contributed by atoms with Crippen LogP contribution in [0.4, 0.5) is 0 Å². The molecule has 0 bridgehead atoms. The SMILES string of the molecule is CCCCCCCCCCCCCCCC(=O)OC[C@@H](COP(=O)(O)OC[C@H]1O[C@@H](n2ccc(=O)[nH]c2=O)[C@H](O)[C@@H]1O)OC(=O)CCCCCCCCCCCCCCC. The van der Waals surface area contributed by atoms with Crippen LogP contribution in [0.15, 0.2) is 21.9 Å². The first-order chi connectivity index (χ1) is 29.0. The third-order valence-electron chi connectivity index (χ3n) is 11.0. The lowest BCUT2D eigenvalue weighted by molar-refractivity contribution is -0.161. The summed E-state index contributed by atoms with van der Waals surface area (Å²) >= 11 is 0. The van der Waals surface area contributed by atoms with Crippen LogP contribution in [0.5, 0.6) is 0 Å². The molecule has 1 aliphatic heterocycles. The zero-order chi connectivity index (χ0) is 43.9. The van der Waals surface area contributed by atoms with Crippen molar-refractivity contribution in [1.82, 2.24) is 9.55 Å². The van der Waals surface area contributed by atoms with E-state index in [1.165, 1.54) is 116 Å². The average Bonchev–Trinajstić information content (AvgIpc) is 3.50. The van der Waals surface area contributed by atoms with Gasteiger partial charge >= 0.3 is 25.5 Å². The van der Waals surface area contributed by atoms with Crippen LogP contribution in [0, 0.1) is 0 Å². The summed E-state index contributed by atoms with van der Waals surface area (Å²) in [4.78, 5) is 61.4. The maximum Gasteiger partial charge on any atom is 0.472 e. The minimum atomic E-state index is -4.86. The minimum absolute atomic E-state index is 0.132. The lowest BCUT2D eigenvalue weighted by Gasteiger charge is -2.21. The Labute approximate surface area is 358 Å². The fraction of sp³-hybridized carbons (Fsp3) is 0.864. The van der Waals surface area contributed by atoms with Gasteiger partial charge in [0.15, 0.2) is 12.3 Å². The first-order valence-corrected chi connectivity index (χ1v) is 24.8. The van der Waals surface area contributed by atoms with Gasteiger partial charge in [-0.15, -0.1) is 0 Å². The molecule has 2 heterocycles. The Bertz CT molecular complexity index is 1440. The molecule has 0 radical (unpaired) electrons. The number of carbonyl (C=O) groups is 2. The summed E-state index contributed by atoms with van der Waals surface area (Å²) in [7, 11) is -4.86. The van der Waals surface area contributed by atoms with Gasteiger partial charge in [0.25, 0.3) is 5.56 Å². The van der Waals surface area contributed by atoms with Crippen LogP contribution in [-0.2, 0) is 37.4 Å². The van der Waals surface area contributed by atoms with Crippen molar-refractivity contribution in [2.45, 2.75) is 224 Å². The molecule has 2 rings (SSSR count). The molecule has 1 saturated heterocycles. The number of unbranched alkanes of at least 4 members (excludes halogenated alkanes) is 24. The highest BCUT2D eigenvalue weighted by atomic mass is 31.2. The van der Waals surface area contributed by atoms with Crippen LogP contribution < -0.4 is 11.2 Å². The summed E-state index contributed by atoms with van der Waals surface area (Å²) in [6.07, 6.45) is 24.6. The first-order valence-electron chi connectivity index (χ1n) is 23.3. The number of aliphatic hydroxyl groups excluding tert-OH is 2. The molecular formula is C44H79N2O13P. The van der Waals surface area contributed by atoms with Crippen molar-refractivity contribution in [3.63, 3.8) is 0 Å². The van der Waals surface area contributed by atoms with Crippen LogP contribution in [0.25, 0.3) is 0 Å². The van der Waals surface area contributed by atoms with Gasteiger partial charge in [0, 0.05) is 25.1 Å². The van der Waals surface area contributed by atoms with E-state index < -0.39 is 74.9 Å². The summed E-state index contributed by atoms with van der Waals surface area (Å²) in [6, 6.07) is 1.03. The van der Waals surface area contributed by atoms with Gasteiger partial charge in [-0.05, 0) is 12.8 Å². The Balaban J connectivity index is 1.77. The van der Waals surface area contributed by atoms with Crippen molar-refractivity contribution in [3.8, 4) is 0 Å². The van der Waals surface area contributed by atoms with E-state index in [4.69, 9.17) is 23.3 Å². The molecule has 60 heavy (non-hydrogen) atoms. The molecule has 1 aromatic rings. The Kier molecular flexibility index (Phi) is 29.7. The largest absolute Gasteiger partial charge is 0.472 e. The van der Waals surface area contributed by atoms with E-state index >= 15 is 0 Å². The van der Waals surface area contributed by atoms with Gasteiger partial charge in [-0.3, -0.25) is 33.0 Å². The predicted molar refractivity (Wildman–Crippen MR) is 230 cm³/mol. The van der Waals surface area contributed by atoms with Crippen molar-refractivity contribution in [2.75, 3.05) is 19.8 Å². The fourth-order valence-corrected chi connectivity index (χ4v) is 8.06. The molecule has 348 valence electrons. The zero-order valence-corrected chi connectivity index (χ0v) is 37.7. The monoisotopic (exact) mass is 875 g/mol. The number of hydrogen-bond acceptors (Lipinski definition) is 12. The van der Waals surface area contributed by atoms with E-state index in [0.717, 1.165) is 55.4 Å². The van der Waals surface area contributed by atoms with Gasteiger partial charge < -0.3 is 29.3 Å². The summed E-state index contributed by atoms with van der Waals surface area (Å²) in [5, 5.41) is 20.9. The van der Waals surface area contributed by atoms with Crippen molar-refractivity contribution in [1.29, 1.82) is 0 Å². The van der Waals surface area contributed by atoms with Crippen molar-refractivity contribution < 1.29 is 52.5 Å². The highest BCUT2D eigenvalue weighted by molar-refractivity contribution is 7.47. The molecule has 1 aliphatic rings. The van der Waals surface area contributed by atoms with Crippen LogP contribution >= 0.6 is 7.82 Å². The highest BCUT2D eigenvalue weighted by Gasteiger charge is 2.45. The van der Waals surface area contributed by atoms with Crippen molar-refractivity contribution in [3.05, 3.63) is 33.1 Å². The van der Waals surface area contributed by atoms with E-state index in [-0.39, 0.29) is 19.4 Å². The first kappa shape index (κ1) is 53.7. The zero-order valence-electron chi connectivity index (χ0n) is 36.8. The van der Waals surface area contributed by atoms with Gasteiger partial charge in [0.2, 0.25) is 0 Å². The quantitative estimate of drug-likeness (QED) is 0.0278. The number of aromatic nitrogens is 2. The number of carbonyl (C=O) groups excluding carboxylic acids is 2. The number of phosphoric acid groups is 1. The number of ether oxygens (including phenoxy) is 3. The van der Waals surface area contributed by atoms with E-state index in [1.807, 2.05) is 4.98 Å². The Morgan fingerprint density at radius 2 is 1.13 bits per heavy atom. The third-order valence-corrected chi connectivity index (χ3v) is 11.9. The van der Waals surface area contributed by atoms with E-state index in [1.54, 1.807) is 0 Å². The number of rotatable bonds is 38. The number of aromatic amines is 1. The molecule has 4 N–H and O–H groups in total. The number of hydrogen-bond donors (Lipinski definition) is 4. The van der Waals surface area contributed by atoms with Gasteiger partial charge in [0.05, 0.1) is 13.2 Å². The highest BCUT2D eigenvalue weighted by Crippen LogP contribution is 2.44. The maximum absolute atomic E-state index is 12.9. The Morgan fingerprint density at radius 3 is 1.60 bits per heavy atom. The van der Waals surface area contributed by atoms with E-state index in [9.17, 15) is 38.8 Å². The van der Waals surface area contributed by atoms with E-state index in [0.29, 0.717) is 12.8 Å². The molecule has 6 atom stereocenters. The number of phosphoric ester groups is 1. The fourth-order valence-electron chi connectivity index (χ4n) is 7.30. The van der Waals surface area contributed by atoms with Gasteiger partial charge in [-0.1, -0.05) is 168 Å². The second-order valence-electron chi connectivity index (χ2n) is 16.4. The summed E-state index contributed by atoms with van der Waals surface area (Å²) in [5.74, 6) is -1.02. The molecule has 15 nitrogen and oxygen atoms in total. The standard InChI is InChI=1S/C44H79N2O13P/c1-3-5-7-9-11-13-15-17-19-21-23-25-27-29-39(48)55-33-36(58-40(49)30-28-26-24-22-20-18-16-14-12-10-8-6-4-2)34-56-60(53,54)57-35-37-41(50)42(51)43(59-37)46-32-31-38(47)45-44(46)52/h31-32,36-37,41-43,50-51H,3-30,33-35H2,1-2H3,(H,53,54)(H,45,47,52)/t36-,37+,41+,42+,43+/m0/s1. The van der Waals surface area contributed by atoms with Gasteiger partial charge in [-0.25, -0.2) is 9.36 Å². The molecule has 1 aromatic heterocycles. The topological polar surface area (TPSA) is 213 Å². The smallest absolute Gasteiger partial charge is 0.462 e. The number of aliphatic hydroxyl groups is 2. The maximum atomic E-state index is 12.9. The molecule has 16 heteroatoms. The molecule has 0 amide bonds. The summed E-state index contributed by atoms with van der Waals surface area (Å²) in [6.45, 7) is 2.72. The molecule has 0 spiro atoms. The predicted octanol–water partition coefficient (Wildman–Crippen LogP) is 8.71. The lowest BCUT2D eigenvalue weighted by Crippen LogP contribution is -2.37. The molecular weight excluding hydrogens is 795 g/mol. The van der Waals surface area contributed by atoms with Crippen molar-refractivity contribution >= 4 is 19.8 Å². The molecule has 0 aromatic carbocycles. The molecule has 1 unspecified atom stereocenters. The third kappa shape index (κ3) is 24.9. The molecule has 1 fully saturated rings. The van der Waals surface area contributed by atoms with Crippen LogP contribution in [-0.4, -0.2) is 80.8 Å². The van der Waals surface area contributed by atoms with Crippen molar-refractivity contribution in [2.24, 2.45) is 0 Å². The van der Waals surface area contributed by atoms with Crippen LogP contribution in [0.3, 0.4) is 0 Å². The number of H-pyrrole nitrogens is 1. The second kappa shape index (κ2) is 33.2. The van der Waals surface area contributed by atoms with Crippen LogP contribution in [0.2, 0.25) is 0 Å². The normalized spacial score (nSPS) is 19.3. The lowest BCUT2D eigenvalue weighted by atomic mass is 10.0. The number of esters is 2. The van der Waals surface area contributed by atoms with Gasteiger partial charge in [-0.2, -0.15) is 0 Å². The summed E-state index contributed by atoms with van der Waals surface area (Å²) in [5.41, 5.74) is -1.56. The molecule has 0 saturated carbocycles. The molecule has 0 aliphatic carbocycles. The minimum Gasteiger partial charge on any atom is -0.462 e. The van der Waals surface area contributed by atoms with E-state index in [2.05, 4.69) is 13.8 Å². The average molecular weight is 875 g/mol. The van der Waals surface area contributed by atoms with Gasteiger partial charge in [0.1, 0.15) is 24.9 Å². The second-order valence-corrected chi connectivity index (χ2v) is 17.9. The Morgan fingerprint density at radius 1 is 0.683 bits per heavy atom. The summed E-state index contributed by atoms with van der Waals surface area (Å²) < 4.78 is 40.3. The Hall–Kier alpha value is -2.39.